The van der Waals surface area contributed by atoms with E-state index in [0.29, 0.717) is 17.2 Å². The van der Waals surface area contributed by atoms with Crippen LogP contribution < -0.4 is 0 Å². The van der Waals surface area contributed by atoms with E-state index in [2.05, 4.69) is 30.7 Å². The van der Waals surface area contributed by atoms with Gasteiger partial charge in [-0.2, -0.15) is 0 Å². The number of nitrogens with zero attached hydrogens (tertiary/aromatic N) is 2. The highest BCUT2D eigenvalue weighted by Crippen LogP contribution is 2.62. The summed E-state index contributed by atoms with van der Waals surface area (Å²) in [4.78, 5) is 17.1. The van der Waals surface area contributed by atoms with Gasteiger partial charge in [-0.15, -0.1) is 0 Å². The first-order valence-corrected chi connectivity index (χ1v) is 8.00. The summed E-state index contributed by atoms with van der Waals surface area (Å²) in [6, 6.07) is 0. The zero-order chi connectivity index (χ0) is 13.6. The zero-order valence-electron chi connectivity index (χ0n) is 12.7. The molecule has 1 saturated carbocycles. The van der Waals surface area contributed by atoms with E-state index in [-0.39, 0.29) is 0 Å². The molecule has 0 radical (unpaired) electrons. The molecule has 0 N–H and O–H groups in total. The molecule has 3 nitrogen and oxygen atoms in total. The summed E-state index contributed by atoms with van der Waals surface area (Å²) in [7, 11) is 2.16. The van der Waals surface area contributed by atoms with Crippen molar-refractivity contribution in [3.8, 4) is 0 Å². The Morgan fingerprint density at radius 3 is 2.47 bits per heavy atom. The highest BCUT2D eigenvalue weighted by atomic mass is 16.2. The Balaban J connectivity index is 1.56. The summed E-state index contributed by atoms with van der Waals surface area (Å²) < 4.78 is 0. The molecular formula is C16H28N2O. The fourth-order valence-electron chi connectivity index (χ4n) is 4.36. The van der Waals surface area contributed by atoms with Crippen molar-refractivity contribution in [3.05, 3.63) is 0 Å². The quantitative estimate of drug-likeness (QED) is 0.763. The molecule has 0 aromatic rings. The van der Waals surface area contributed by atoms with E-state index in [1.807, 2.05) is 0 Å². The minimum Gasteiger partial charge on any atom is -0.342 e. The summed E-state index contributed by atoms with van der Waals surface area (Å²) in [6.07, 6.45) is 4.73. The predicted octanol–water partition coefficient (Wildman–Crippen LogP) is 2.22. The number of carbonyl (C=O) groups is 1. The van der Waals surface area contributed by atoms with Gasteiger partial charge in [0.25, 0.3) is 0 Å². The summed E-state index contributed by atoms with van der Waals surface area (Å²) in [5.74, 6) is 2.36. The van der Waals surface area contributed by atoms with Crippen LogP contribution in [0.15, 0.2) is 0 Å². The van der Waals surface area contributed by atoms with E-state index in [4.69, 9.17) is 0 Å². The molecule has 0 spiro atoms. The van der Waals surface area contributed by atoms with Gasteiger partial charge in [0.15, 0.2) is 0 Å². The molecule has 2 saturated heterocycles. The second-order valence-corrected chi connectivity index (χ2v) is 7.40. The number of fused-ring (bicyclic) bond motifs is 1. The van der Waals surface area contributed by atoms with Crippen LogP contribution in [0.1, 0.15) is 39.5 Å². The van der Waals surface area contributed by atoms with E-state index < -0.39 is 0 Å². The van der Waals surface area contributed by atoms with Gasteiger partial charge in [-0.05, 0) is 63.1 Å². The molecular weight excluding hydrogens is 236 g/mol. The highest BCUT2D eigenvalue weighted by Gasteiger charge is 2.58. The molecule has 2 heterocycles. The van der Waals surface area contributed by atoms with Crippen molar-refractivity contribution in [2.24, 2.45) is 23.2 Å². The van der Waals surface area contributed by atoms with Crippen molar-refractivity contribution in [3.63, 3.8) is 0 Å². The lowest BCUT2D eigenvalue weighted by Crippen LogP contribution is -2.45. The molecule has 1 amide bonds. The van der Waals surface area contributed by atoms with Gasteiger partial charge < -0.3 is 9.80 Å². The molecule has 3 aliphatic rings. The Morgan fingerprint density at radius 1 is 1.21 bits per heavy atom. The SMILES string of the molecule is CC(C)C12CCN(C(=O)C3CCN(C)CC3)CC1C2. The third-order valence-corrected chi connectivity index (χ3v) is 6.10. The second kappa shape index (κ2) is 4.76. The number of rotatable bonds is 2. The molecule has 1 aliphatic carbocycles. The zero-order valence-corrected chi connectivity index (χ0v) is 12.7. The molecule has 3 fully saturated rings. The Morgan fingerprint density at radius 2 is 1.89 bits per heavy atom. The molecule has 3 heteroatoms. The lowest BCUT2D eigenvalue weighted by atomic mass is 9.83. The average Bonchev–Trinajstić information content (AvgIpc) is 3.13. The number of amides is 1. The van der Waals surface area contributed by atoms with Crippen LogP contribution in [-0.2, 0) is 4.79 Å². The Labute approximate surface area is 117 Å². The van der Waals surface area contributed by atoms with Gasteiger partial charge in [0, 0.05) is 19.0 Å². The number of carbonyl (C=O) groups excluding carboxylic acids is 1. The monoisotopic (exact) mass is 264 g/mol. The first kappa shape index (κ1) is 13.4. The van der Waals surface area contributed by atoms with Crippen LogP contribution in [0.25, 0.3) is 0 Å². The lowest BCUT2D eigenvalue weighted by molar-refractivity contribution is -0.138. The summed E-state index contributed by atoms with van der Waals surface area (Å²) in [6.45, 7) is 8.94. The Hall–Kier alpha value is -0.570. The first-order valence-electron chi connectivity index (χ1n) is 8.00. The van der Waals surface area contributed by atoms with Crippen molar-refractivity contribution in [1.82, 2.24) is 9.80 Å². The molecule has 2 atom stereocenters. The maximum atomic E-state index is 12.6. The molecule has 3 rings (SSSR count). The van der Waals surface area contributed by atoms with Gasteiger partial charge >= 0.3 is 0 Å². The summed E-state index contributed by atoms with van der Waals surface area (Å²) in [5.41, 5.74) is 0.601. The number of piperidine rings is 2. The number of hydrogen-bond donors (Lipinski definition) is 0. The molecule has 0 aromatic carbocycles. The molecule has 19 heavy (non-hydrogen) atoms. The third kappa shape index (κ3) is 2.31. The van der Waals surface area contributed by atoms with Crippen LogP contribution in [0.2, 0.25) is 0 Å². The van der Waals surface area contributed by atoms with Gasteiger partial charge in [-0.3, -0.25) is 4.79 Å². The third-order valence-electron chi connectivity index (χ3n) is 6.10. The highest BCUT2D eigenvalue weighted by molar-refractivity contribution is 5.79. The predicted molar refractivity (Wildman–Crippen MR) is 76.8 cm³/mol. The second-order valence-electron chi connectivity index (χ2n) is 7.40. The molecule has 0 aromatic heterocycles. The fraction of sp³-hybridized carbons (Fsp3) is 0.938. The van der Waals surface area contributed by atoms with E-state index in [1.165, 1.54) is 12.8 Å². The van der Waals surface area contributed by atoms with Gasteiger partial charge in [0.05, 0.1) is 0 Å². The van der Waals surface area contributed by atoms with E-state index >= 15 is 0 Å². The Kier molecular flexibility index (Phi) is 3.36. The van der Waals surface area contributed by atoms with Crippen molar-refractivity contribution in [1.29, 1.82) is 0 Å². The van der Waals surface area contributed by atoms with Crippen LogP contribution in [0.4, 0.5) is 0 Å². The van der Waals surface area contributed by atoms with Crippen LogP contribution >= 0.6 is 0 Å². The summed E-state index contributed by atoms with van der Waals surface area (Å²) >= 11 is 0. The van der Waals surface area contributed by atoms with E-state index in [0.717, 1.165) is 50.9 Å². The topological polar surface area (TPSA) is 23.6 Å². The normalized spacial score (nSPS) is 36.4. The van der Waals surface area contributed by atoms with Gasteiger partial charge in [-0.1, -0.05) is 13.8 Å². The van der Waals surface area contributed by atoms with Crippen LogP contribution in [0.5, 0.6) is 0 Å². The average molecular weight is 264 g/mol. The van der Waals surface area contributed by atoms with Gasteiger partial charge in [0.1, 0.15) is 0 Å². The number of hydrogen-bond acceptors (Lipinski definition) is 2. The van der Waals surface area contributed by atoms with E-state index in [9.17, 15) is 4.79 Å². The fourth-order valence-corrected chi connectivity index (χ4v) is 4.36. The summed E-state index contributed by atoms with van der Waals surface area (Å²) in [5, 5.41) is 0. The molecule has 2 aliphatic heterocycles. The first-order chi connectivity index (χ1) is 9.03. The minimum absolute atomic E-state index is 0.307. The van der Waals surface area contributed by atoms with Crippen molar-refractivity contribution in [2.75, 3.05) is 33.2 Å². The van der Waals surface area contributed by atoms with Crippen LogP contribution in [0, 0.1) is 23.2 Å². The van der Waals surface area contributed by atoms with Gasteiger partial charge in [-0.25, -0.2) is 0 Å². The van der Waals surface area contributed by atoms with Crippen LogP contribution in [0.3, 0.4) is 0 Å². The Bertz CT molecular complexity index is 360. The van der Waals surface area contributed by atoms with Crippen molar-refractivity contribution in [2.45, 2.75) is 39.5 Å². The number of likely N-dealkylation sites (tertiary alicyclic amines) is 2. The molecule has 108 valence electrons. The minimum atomic E-state index is 0.307. The standard InChI is InChI=1S/C16H28N2O/c1-12(2)16-6-9-18(11-14(16)10-16)15(19)13-4-7-17(3)8-5-13/h12-14H,4-11H2,1-3H3. The smallest absolute Gasteiger partial charge is 0.225 e. The van der Waals surface area contributed by atoms with E-state index in [1.54, 1.807) is 0 Å². The lowest BCUT2D eigenvalue weighted by Gasteiger charge is -2.37. The maximum Gasteiger partial charge on any atom is 0.225 e. The molecule has 2 unspecified atom stereocenters. The van der Waals surface area contributed by atoms with Crippen molar-refractivity contribution >= 4 is 5.91 Å². The van der Waals surface area contributed by atoms with Crippen LogP contribution in [-0.4, -0.2) is 48.9 Å². The van der Waals surface area contributed by atoms with Gasteiger partial charge in [0.2, 0.25) is 5.91 Å². The van der Waals surface area contributed by atoms with Crippen molar-refractivity contribution < 1.29 is 4.79 Å². The maximum absolute atomic E-state index is 12.6. The largest absolute Gasteiger partial charge is 0.342 e. The molecule has 0 bridgehead atoms.